The summed E-state index contributed by atoms with van der Waals surface area (Å²) in [7, 11) is 3.36. The molecule has 0 fully saturated rings. The molecular formula is C16H18BrNO2. The normalized spacial score (nSPS) is 10.3. The third-order valence-electron chi connectivity index (χ3n) is 3.05. The lowest BCUT2D eigenvalue weighted by Crippen LogP contribution is -2.13. The second-order valence-corrected chi connectivity index (χ2v) is 5.32. The lowest BCUT2D eigenvalue weighted by atomic mass is 10.2. The summed E-state index contributed by atoms with van der Waals surface area (Å²) in [5.41, 5.74) is 2.36. The number of benzene rings is 2. The molecule has 0 radical (unpaired) electrons. The summed E-state index contributed by atoms with van der Waals surface area (Å²) in [5.74, 6) is 1.78. The van der Waals surface area contributed by atoms with Gasteiger partial charge in [-0.15, -0.1) is 0 Å². The molecular weight excluding hydrogens is 318 g/mol. The first-order valence-corrected chi connectivity index (χ1v) is 7.18. The standard InChI is InChI=1S/C16H18BrNO2/c1-19-15-6-3-12(4-7-15)10-18-11-13-9-14(17)5-8-16(13)20-2/h3-9,18H,10-11H2,1-2H3. The van der Waals surface area contributed by atoms with E-state index in [0.717, 1.165) is 34.6 Å². The van der Waals surface area contributed by atoms with E-state index in [-0.39, 0.29) is 0 Å². The molecule has 0 spiro atoms. The molecule has 0 aliphatic rings. The molecule has 0 saturated carbocycles. The second kappa shape index (κ2) is 7.31. The quantitative estimate of drug-likeness (QED) is 0.871. The first-order chi connectivity index (χ1) is 9.72. The van der Waals surface area contributed by atoms with E-state index in [4.69, 9.17) is 9.47 Å². The number of halogens is 1. The summed E-state index contributed by atoms with van der Waals surface area (Å²) in [6.07, 6.45) is 0. The molecule has 20 heavy (non-hydrogen) atoms. The molecule has 0 aromatic heterocycles. The maximum atomic E-state index is 5.36. The molecule has 0 amide bonds. The highest BCUT2D eigenvalue weighted by Crippen LogP contribution is 2.22. The van der Waals surface area contributed by atoms with Crippen molar-refractivity contribution < 1.29 is 9.47 Å². The minimum absolute atomic E-state index is 0.759. The van der Waals surface area contributed by atoms with E-state index < -0.39 is 0 Å². The fraction of sp³-hybridized carbons (Fsp3) is 0.250. The Balaban J connectivity index is 1.93. The molecule has 0 atom stereocenters. The molecule has 0 bridgehead atoms. The molecule has 4 heteroatoms. The molecule has 2 rings (SSSR count). The Bertz CT molecular complexity index is 555. The van der Waals surface area contributed by atoms with Gasteiger partial charge >= 0.3 is 0 Å². The number of ether oxygens (including phenoxy) is 2. The Hall–Kier alpha value is -1.52. The Morgan fingerprint density at radius 3 is 2.35 bits per heavy atom. The van der Waals surface area contributed by atoms with Crippen molar-refractivity contribution in [1.29, 1.82) is 0 Å². The zero-order chi connectivity index (χ0) is 14.4. The van der Waals surface area contributed by atoms with E-state index in [1.807, 2.05) is 24.3 Å². The van der Waals surface area contributed by atoms with Gasteiger partial charge in [-0.25, -0.2) is 0 Å². The van der Waals surface area contributed by atoms with Gasteiger partial charge in [-0.05, 0) is 35.9 Å². The Morgan fingerprint density at radius 2 is 1.70 bits per heavy atom. The van der Waals surface area contributed by atoms with Crippen LogP contribution in [0.25, 0.3) is 0 Å². The van der Waals surface area contributed by atoms with E-state index in [1.54, 1.807) is 14.2 Å². The average Bonchev–Trinajstić information content (AvgIpc) is 2.48. The largest absolute Gasteiger partial charge is 0.497 e. The second-order valence-electron chi connectivity index (χ2n) is 4.41. The van der Waals surface area contributed by atoms with E-state index >= 15 is 0 Å². The number of nitrogens with one attached hydrogen (secondary N) is 1. The van der Waals surface area contributed by atoms with Crippen LogP contribution in [0.3, 0.4) is 0 Å². The van der Waals surface area contributed by atoms with Crippen LogP contribution >= 0.6 is 15.9 Å². The molecule has 0 unspecified atom stereocenters. The third-order valence-corrected chi connectivity index (χ3v) is 3.54. The average molecular weight is 336 g/mol. The van der Waals surface area contributed by atoms with Gasteiger partial charge in [0.2, 0.25) is 0 Å². The van der Waals surface area contributed by atoms with Crippen LogP contribution in [-0.4, -0.2) is 14.2 Å². The van der Waals surface area contributed by atoms with Gasteiger partial charge in [0.1, 0.15) is 11.5 Å². The number of methoxy groups -OCH3 is 2. The highest BCUT2D eigenvalue weighted by Gasteiger charge is 2.03. The van der Waals surface area contributed by atoms with Crippen molar-refractivity contribution in [2.45, 2.75) is 13.1 Å². The molecule has 0 aliphatic heterocycles. The fourth-order valence-electron chi connectivity index (χ4n) is 1.97. The van der Waals surface area contributed by atoms with Gasteiger partial charge in [0, 0.05) is 23.1 Å². The zero-order valence-corrected chi connectivity index (χ0v) is 13.2. The van der Waals surface area contributed by atoms with Crippen LogP contribution in [-0.2, 0) is 13.1 Å². The van der Waals surface area contributed by atoms with Gasteiger partial charge in [0.05, 0.1) is 14.2 Å². The van der Waals surface area contributed by atoms with Crippen LogP contribution in [0.1, 0.15) is 11.1 Å². The Labute approximate surface area is 128 Å². The predicted molar refractivity (Wildman–Crippen MR) is 84.2 cm³/mol. The van der Waals surface area contributed by atoms with Crippen LogP contribution < -0.4 is 14.8 Å². The van der Waals surface area contributed by atoms with Crippen molar-refractivity contribution >= 4 is 15.9 Å². The topological polar surface area (TPSA) is 30.5 Å². The van der Waals surface area contributed by atoms with Gasteiger partial charge in [-0.3, -0.25) is 0 Å². The summed E-state index contributed by atoms with van der Waals surface area (Å²) >= 11 is 3.48. The Kier molecular flexibility index (Phi) is 5.44. The first kappa shape index (κ1) is 14.9. The lowest BCUT2D eigenvalue weighted by Gasteiger charge is -2.10. The minimum atomic E-state index is 0.759. The summed E-state index contributed by atoms with van der Waals surface area (Å²) in [5, 5.41) is 3.42. The lowest BCUT2D eigenvalue weighted by molar-refractivity contribution is 0.407. The molecule has 2 aromatic carbocycles. The van der Waals surface area contributed by atoms with Gasteiger partial charge < -0.3 is 14.8 Å². The first-order valence-electron chi connectivity index (χ1n) is 6.39. The van der Waals surface area contributed by atoms with Crippen molar-refractivity contribution in [3.05, 3.63) is 58.1 Å². The van der Waals surface area contributed by atoms with Crippen molar-refractivity contribution in [3.63, 3.8) is 0 Å². The van der Waals surface area contributed by atoms with Crippen LogP contribution in [0.4, 0.5) is 0 Å². The molecule has 3 nitrogen and oxygen atoms in total. The van der Waals surface area contributed by atoms with Crippen LogP contribution in [0, 0.1) is 0 Å². The van der Waals surface area contributed by atoms with Gasteiger partial charge in [0.15, 0.2) is 0 Å². The van der Waals surface area contributed by atoms with E-state index in [9.17, 15) is 0 Å². The molecule has 0 heterocycles. The van der Waals surface area contributed by atoms with Gasteiger partial charge in [-0.2, -0.15) is 0 Å². The molecule has 2 aromatic rings. The van der Waals surface area contributed by atoms with Crippen LogP contribution in [0.2, 0.25) is 0 Å². The summed E-state index contributed by atoms with van der Waals surface area (Å²) in [6, 6.07) is 14.1. The van der Waals surface area contributed by atoms with Crippen molar-refractivity contribution in [2.24, 2.45) is 0 Å². The molecule has 1 N–H and O–H groups in total. The van der Waals surface area contributed by atoms with Crippen LogP contribution in [0.15, 0.2) is 46.9 Å². The van der Waals surface area contributed by atoms with Crippen molar-refractivity contribution in [1.82, 2.24) is 5.32 Å². The summed E-state index contributed by atoms with van der Waals surface area (Å²) in [6.45, 7) is 1.56. The van der Waals surface area contributed by atoms with Crippen LogP contribution in [0.5, 0.6) is 11.5 Å². The minimum Gasteiger partial charge on any atom is -0.497 e. The third kappa shape index (κ3) is 3.99. The number of hydrogen-bond donors (Lipinski definition) is 1. The van der Waals surface area contributed by atoms with Gasteiger partial charge in [0.25, 0.3) is 0 Å². The smallest absolute Gasteiger partial charge is 0.123 e. The molecule has 106 valence electrons. The van der Waals surface area contributed by atoms with Crippen molar-refractivity contribution in [2.75, 3.05) is 14.2 Å². The molecule has 0 aliphatic carbocycles. The fourth-order valence-corrected chi connectivity index (χ4v) is 2.38. The molecule has 0 saturated heterocycles. The maximum Gasteiger partial charge on any atom is 0.123 e. The van der Waals surface area contributed by atoms with Gasteiger partial charge in [-0.1, -0.05) is 28.1 Å². The van der Waals surface area contributed by atoms with E-state index in [1.165, 1.54) is 5.56 Å². The van der Waals surface area contributed by atoms with E-state index in [2.05, 4.69) is 39.4 Å². The highest BCUT2D eigenvalue weighted by molar-refractivity contribution is 9.10. The highest BCUT2D eigenvalue weighted by atomic mass is 79.9. The van der Waals surface area contributed by atoms with E-state index in [0.29, 0.717) is 0 Å². The maximum absolute atomic E-state index is 5.36. The SMILES string of the molecule is COc1ccc(CNCc2cc(Br)ccc2OC)cc1. The summed E-state index contributed by atoms with van der Waals surface area (Å²) in [4.78, 5) is 0. The monoisotopic (exact) mass is 335 g/mol. The predicted octanol–water partition coefficient (Wildman–Crippen LogP) is 3.76. The number of hydrogen-bond acceptors (Lipinski definition) is 3. The Morgan fingerprint density at radius 1 is 0.950 bits per heavy atom. The number of rotatable bonds is 6. The summed E-state index contributed by atoms with van der Waals surface area (Å²) < 4.78 is 11.6. The van der Waals surface area contributed by atoms with Crippen molar-refractivity contribution in [3.8, 4) is 11.5 Å². The zero-order valence-electron chi connectivity index (χ0n) is 11.7.